The van der Waals surface area contributed by atoms with Gasteiger partial charge in [0.2, 0.25) is 0 Å². The molecule has 38 heavy (non-hydrogen) atoms. The van der Waals surface area contributed by atoms with Crippen LogP contribution in [0.15, 0.2) is 108 Å². The van der Waals surface area contributed by atoms with Crippen molar-refractivity contribution in [2.75, 3.05) is 13.3 Å². The van der Waals surface area contributed by atoms with Crippen molar-refractivity contribution in [2.24, 2.45) is 0 Å². The van der Waals surface area contributed by atoms with E-state index in [0.29, 0.717) is 8.45 Å². The summed E-state index contributed by atoms with van der Waals surface area (Å²) in [6.45, 7) is 9.37. The van der Waals surface area contributed by atoms with Crippen molar-refractivity contribution in [3.8, 4) is 0 Å². The first-order chi connectivity index (χ1) is 18.5. The Morgan fingerprint density at radius 1 is 0.684 bits per heavy atom. The van der Waals surface area contributed by atoms with Gasteiger partial charge in [0.05, 0.1) is 0 Å². The minimum absolute atomic E-state index is 0.0204. The predicted molar refractivity (Wildman–Crippen MR) is 164 cm³/mol. The molecule has 2 aliphatic rings. The number of rotatable bonds is 6. The third kappa shape index (κ3) is 6.21. The van der Waals surface area contributed by atoms with Crippen molar-refractivity contribution in [1.82, 2.24) is 0 Å². The molecular weight excluding hydrogens is 511 g/mol. The molecule has 0 amide bonds. The SMILES string of the molecule is Cc1ccc(C)c2c1C=C[CH]2[Ti][CH]1C(P(C)C)=Cc2ccccc21.c1ccc(CCc2ccccc2)cc1. The Morgan fingerprint density at radius 2 is 1.26 bits per heavy atom. The zero-order chi connectivity index (χ0) is 26.5. The van der Waals surface area contributed by atoms with Gasteiger partial charge in [0.15, 0.2) is 0 Å². The van der Waals surface area contributed by atoms with Crippen LogP contribution in [0.1, 0.15) is 53.0 Å². The van der Waals surface area contributed by atoms with Crippen molar-refractivity contribution >= 4 is 20.1 Å². The van der Waals surface area contributed by atoms with Gasteiger partial charge in [-0.3, -0.25) is 0 Å². The van der Waals surface area contributed by atoms with E-state index in [1.807, 2.05) is 0 Å². The smallest absolute Gasteiger partial charge is 0.0238 e. The average Bonchev–Trinajstić information content (AvgIpc) is 3.54. The van der Waals surface area contributed by atoms with Gasteiger partial charge in [0, 0.05) is 0 Å². The second kappa shape index (κ2) is 12.6. The Morgan fingerprint density at radius 3 is 1.89 bits per heavy atom. The molecule has 0 nitrogen and oxygen atoms in total. The Labute approximate surface area is 239 Å². The fraction of sp³-hybridized carbons (Fsp3) is 0.222. The number of hydrogen-bond donors (Lipinski definition) is 0. The molecule has 4 aromatic rings. The van der Waals surface area contributed by atoms with Crippen LogP contribution in [-0.4, -0.2) is 13.3 Å². The normalized spacial score (nSPS) is 16.9. The van der Waals surface area contributed by atoms with E-state index in [9.17, 15) is 0 Å². The van der Waals surface area contributed by atoms with Gasteiger partial charge in [-0.2, -0.15) is 0 Å². The molecule has 0 aliphatic heterocycles. The molecule has 2 aliphatic carbocycles. The Balaban J connectivity index is 0.000000179. The Kier molecular flexibility index (Phi) is 8.96. The molecule has 0 fully saturated rings. The molecule has 0 N–H and O–H groups in total. The maximum atomic E-state index is 2.50. The number of hydrogen-bond acceptors (Lipinski definition) is 0. The summed E-state index contributed by atoms with van der Waals surface area (Å²) in [6.07, 6.45) is 9.64. The summed E-state index contributed by atoms with van der Waals surface area (Å²) in [5.41, 5.74) is 11.9. The van der Waals surface area contributed by atoms with Gasteiger partial charge in [-0.05, 0) is 24.0 Å². The summed E-state index contributed by atoms with van der Waals surface area (Å²) >= 11 is -0.167. The van der Waals surface area contributed by atoms with E-state index in [1.165, 1.54) is 33.4 Å². The quantitative estimate of drug-likeness (QED) is 0.166. The third-order valence-corrected chi connectivity index (χ3v) is 12.2. The molecule has 0 aromatic heterocycles. The molecular formula is C36H37PTi. The van der Waals surface area contributed by atoms with Crippen LogP contribution in [0.4, 0.5) is 0 Å². The van der Waals surface area contributed by atoms with Crippen molar-refractivity contribution in [3.05, 3.63) is 153 Å². The topological polar surface area (TPSA) is 0 Å². The van der Waals surface area contributed by atoms with Crippen LogP contribution in [0.3, 0.4) is 0 Å². The average molecular weight is 549 g/mol. The number of aryl methyl sites for hydroxylation is 4. The van der Waals surface area contributed by atoms with Crippen molar-refractivity contribution < 1.29 is 19.2 Å². The van der Waals surface area contributed by atoms with Crippen LogP contribution < -0.4 is 0 Å². The maximum absolute atomic E-state index is 2.50. The number of fused-ring (bicyclic) bond motifs is 2. The van der Waals surface area contributed by atoms with Gasteiger partial charge in [0.1, 0.15) is 0 Å². The summed E-state index contributed by atoms with van der Waals surface area (Å²) in [4.78, 5) is 0. The van der Waals surface area contributed by atoms with E-state index in [0.717, 1.165) is 12.8 Å². The fourth-order valence-electron chi connectivity index (χ4n) is 5.54. The first-order valence-electron chi connectivity index (χ1n) is 13.6. The molecule has 2 atom stereocenters. The monoisotopic (exact) mass is 548 g/mol. The largest absolute Gasteiger partial charge is 0.0622 e. The molecule has 0 heterocycles. The molecule has 0 radical (unpaired) electrons. The summed E-state index contributed by atoms with van der Waals surface area (Å²) in [7, 11) is -0.0204. The van der Waals surface area contributed by atoms with E-state index >= 15 is 0 Å². The first-order valence-corrected chi connectivity index (χ1v) is 17.6. The van der Waals surface area contributed by atoms with Crippen LogP contribution in [-0.2, 0) is 32.0 Å². The van der Waals surface area contributed by atoms with Gasteiger partial charge in [-0.25, -0.2) is 0 Å². The standard InChI is InChI=1S/C14H14.C11H12P.C11H11.Ti/c1-3-7-13(8-4-1)11-12-14-9-5-2-6-10-14;1-12(2)11-7-9-5-3-4-6-10(9)8-11;1-8-6-7-9(2)11-5-3-4-10(8)11;/h1-10H,11-12H2;3-8H,1-2H3;3-7H,1-2H3;. The first kappa shape index (κ1) is 27.1. The van der Waals surface area contributed by atoms with Gasteiger partial charge in [-0.1, -0.05) is 60.7 Å². The molecule has 0 saturated heterocycles. The van der Waals surface area contributed by atoms with Crippen LogP contribution in [0, 0.1) is 13.8 Å². The van der Waals surface area contributed by atoms with Crippen molar-refractivity contribution in [3.63, 3.8) is 0 Å². The Bertz CT molecular complexity index is 1390. The van der Waals surface area contributed by atoms with Gasteiger partial charge >= 0.3 is 156 Å². The van der Waals surface area contributed by atoms with E-state index in [-0.39, 0.29) is 27.1 Å². The zero-order valence-electron chi connectivity index (χ0n) is 23.0. The van der Waals surface area contributed by atoms with Crippen molar-refractivity contribution in [1.29, 1.82) is 0 Å². The minimum atomic E-state index is -0.167. The Hall–Kier alpha value is -2.50. The van der Waals surface area contributed by atoms with E-state index in [1.54, 1.807) is 16.4 Å². The zero-order valence-corrected chi connectivity index (χ0v) is 25.4. The van der Waals surface area contributed by atoms with E-state index in [4.69, 9.17) is 0 Å². The maximum Gasteiger partial charge on any atom is -0.0238 e. The van der Waals surface area contributed by atoms with Gasteiger partial charge in [-0.15, -0.1) is 0 Å². The third-order valence-electron chi connectivity index (χ3n) is 7.65. The van der Waals surface area contributed by atoms with Gasteiger partial charge in [0.25, 0.3) is 0 Å². The molecule has 4 aromatic carbocycles. The molecule has 2 heteroatoms. The molecule has 0 bridgehead atoms. The van der Waals surface area contributed by atoms with Crippen LogP contribution >= 0.6 is 7.92 Å². The molecule has 0 saturated carbocycles. The second-order valence-electron chi connectivity index (χ2n) is 10.5. The van der Waals surface area contributed by atoms with Crippen LogP contribution in [0.25, 0.3) is 12.2 Å². The van der Waals surface area contributed by atoms with E-state index < -0.39 is 0 Å². The number of benzene rings is 4. The summed E-state index contributed by atoms with van der Waals surface area (Å²) in [5, 5.41) is 1.72. The van der Waals surface area contributed by atoms with Crippen molar-refractivity contribution in [2.45, 2.75) is 35.1 Å². The van der Waals surface area contributed by atoms with E-state index in [2.05, 4.69) is 142 Å². The second-order valence-corrected chi connectivity index (χ2v) is 15.2. The summed E-state index contributed by atoms with van der Waals surface area (Å²) < 4.78 is 1.39. The summed E-state index contributed by atoms with van der Waals surface area (Å²) in [5.74, 6) is 0. The molecule has 190 valence electrons. The molecule has 2 unspecified atom stereocenters. The predicted octanol–water partition coefficient (Wildman–Crippen LogP) is 9.76. The summed E-state index contributed by atoms with van der Waals surface area (Å²) in [6, 6.07) is 34.9. The van der Waals surface area contributed by atoms with Gasteiger partial charge < -0.3 is 0 Å². The minimum Gasteiger partial charge on any atom is -0.0622 e. The van der Waals surface area contributed by atoms with Crippen LogP contribution in [0.5, 0.6) is 0 Å². The number of allylic oxidation sites excluding steroid dienone is 2. The molecule has 6 rings (SSSR count). The fourth-order valence-corrected chi connectivity index (χ4v) is 10.9. The molecule has 0 spiro atoms. The van der Waals surface area contributed by atoms with Crippen LogP contribution in [0.2, 0.25) is 0 Å².